The monoisotopic (exact) mass is 364 g/mol. The largest absolute Gasteiger partial charge is 0.396 e. The van der Waals surface area contributed by atoms with E-state index in [0.29, 0.717) is 6.42 Å². The highest BCUT2D eigenvalue weighted by Crippen LogP contribution is 2.29. The molecule has 3 nitrogen and oxygen atoms in total. The van der Waals surface area contributed by atoms with Gasteiger partial charge in [0.2, 0.25) is 0 Å². The Morgan fingerprint density at radius 1 is 1.41 bits per heavy atom. The lowest BCUT2D eigenvalue weighted by Gasteiger charge is -2.31. The minimum atomic E-state index is 0.0664. The van der Waals surface area contributed by atoms with Gasteiger partial charge in [0, 0.05) is 23.3 Å². The van der Waals surface area contributed by atoms with E-state index in [-0.39, 0.29) is 18.1 Å². The highest BCUT2D eigenvalue weighted by Gasteiger charge is 2.24. The molecule has 17 heavy (non-hydrogen) atoms. The average molecular weight is 366 g/mol. The van der Waals surface area contributed by atoms with Crippen LogP contribution in [0.1, 0.15) is 27.2 Å². The molecule has 0 aromatic carbocycles. The Balaban J connectivity index is 2.86. The summed E-state index contributed by atoms with van der Waals surface area (Å²) in [5, 5.41) is 12.5. The van der Waals surface area contributed by atoms with Crippen molar-refractivity contribution in [2.45, 2.75) is 33.2 Å². The summed E-state index contributed by atoms with van der Waals surface area (Å²) in [5.74, 6) is 0.807. The molecule has 0 saturated heterocycles. The van der Waals surface area contributed by atoms with Crippen molar-refractivity contribution in [2.75, 3.05) is 11.9 Å². The number of hydrogen-bond acceptors (Lipinski definition) is 3. The van der Waals surface area contributed by atoms with Crippen molar-refractivity contribution in [3.8, 4) is 0 Å². The number of anilines is 1. The fourth-order valence-electron chi connectivity index (χ4n) is 1.54. The van der Waals surface area contributed by atoms with E-state index in [4.69, 9.17) is 5.11 Å². The number of rotatable bonds is 4. The molecular formula is C12H18Br2N2O. The Labute approximate surface area is 119 Å². The molecule has 1 aromatic heterocycles. The summed E-state index contributed by atoms with van der Waals surface area (Å²) in [4.78, 5) is 4.33. The predicted molar refractivity (Wildman–Crippen MR) is 78.2 cm³/mol. The van der Waals surface area contributed by atoms with Crippen molar-refractivity contribution in [2.24, 2.45) is 5.41 Å². The first kappa shape index (κ1) is 14.9. The van der Waals surface area contributed by atoms with E-state index in [1.807, 2.05) is 6.07 Å². The summed E-state index contributed by atoms with van der Waals surface area (Å²) in [6.45, 7) is 6.61. The predicted octanol–water partition coefficient (Wildman–Crippen LogP) is 3.82. The van der Waals surface area contributed by atoms with Crippen LogP contribution in [0.4, 0.5) is 5.82 Å². The fraction of sp³-hybridized carbons (Fsp3) is 0.583. The number of hydrogen-bond donors (Lipinski definition) is 2. The van der Waals surface area contributed by atoms with Crippen LogP contribution < -0.4 is 5.32 Å². The van der Waals surface area contributed by atoms with Crippen LogP contribution in [0.25, 0.3) is 0 Å². The van der Waals surface area contributed by atoms with Gasteiger partial charge in [0.25, 0.3) is 0 Å². The molecule has 1 unspecified atom stereocenters. The number of nitrogens with zero attached hydrogens (tertiary/aromatic N) is 1. The lowest BCUT2D eigenvalue weighted by molar-refractivity contribution is 0.235. The molecule has 1 aromatic rings. The topological polar surface area (TPSA) is 45.1 Å². The van der Waals surface area contributed by atoms with Gasteiger partial charge in [-0.15, -0.1) is 0 Å². The summed E-state index contributed by atoms with van der Waals surface area (Å²) in [6.07, 6.45) is 2.46. The van der Waals surface area contributed by atoms with Gasteiger partial charge in [0.1, 0.15) is 5.82 Å². The van der Waals surface area contributed by atoms with E-state index in [9.17, 15) is 0 Å². The van der Waals surface area contributed by atoms with Crippen molar-refractivity contribution < 1.29 is 5.11 Å². The number of aliphatic hydroxyl groups is 1. The third-order valence-electron chi connectivity index (χ3n) is 2.58. The summed E-state index contributed by atoms with van der Waals surface area (Å²) < 4.78 is 1.85. The van der Waals surface area contributed by atoms with Gasteiger partial charge in [-0.25, -0.2) is 4.98 Å². The van der Waals surface area contributed by atoms with Gasteiger partial charge in [0.05, 0.1) is 4.47 Å². The summed E-state index contributed by atoms with van der Waals surface area (Å²) >= 11 is 6.85. The number of aromatic nitrogens is 1. The third-order valence-corrected chi connectivity index (χ3v) is 3.62. The molecule has 0 aliphatic carbocycles. The maximum Gasteiger partial charge on any atom is 0.140 e. The first-order chi connectivity index (χ1) is 7.84. The number of halogens is 2. The molecule has 0 spiro atoms. The van der Waals surface area contributed by atoms with Crippen molar-refractivity contribution in [3.63, 3.8) is 0 Å². The Morgan fingerprint density at radius 3 is 2.53 bits per heavy atom. The Bertz CT molecular complexity index is 377. The highest BCUT2D eigenvalue weighted by molar-refractivity contribution is 9.11. The summed E-state index contributed by atoms with van der Waals surface area (Å²) in [7, 11) is 0. The molecular weight excluding hydrogens is 348 g/mol. The Morgan fingerprint density at radius 2 is 2.06 bits per heavy atom. The molecule has 1 rings (SSSR count). The third kappa shape index (κ3) is 4.56. The number of nitrogens with one attached hydrogen (secondary N) is 1. The molecule has 1 atom stereocenters. The van der Waals surface area contributed by atoms with E-state index < -0.39 is 0 Å². The molecule has 0 amide bonds. The van der Waals surface area contributed by atoms with Gasteiger partial charge < -0.3 is 10.4 Å². The van der Waals surface area contributed by atoms with Gasteiger partial charge in [0.15, 0.2) is 0 Å². The molecule has 5 heteroatoms. The van der Waals surface area contributed by atoms with Gasteiger partial charge in [-0.1, -0.05) is 20.8 Å². The second-order valence-corrected chi connectivity index (χ2v) is 6.83. The fourth-order valence-corrected chi connectivity index (χ4v) is 2.64. The smallest absolute Gasteiger partial charge is 0.140 e. The quantitative estimate of drug-likeness (QED) is 0.852. The zero-order chi connectivity index (χ0) is 13.1. The normalized spacial score (nSPS) is 13.5. The van der Waals surface area contributed by atoms with E-state index in [1.54, 1.807) is 6.20 Å². The molecule has 96 valence electrons. The molecule has 0 bridgehead atoms. The minimum Gasteiger partial charge on any atom is -0.396 e. The van der Waals surface area contributed by atoms with Crippen LogP contribution in [-0.4, -0.2) is 22.7 Å². The minimum absolute atomic E-state index is 0.0664. The van der Waals surface area contributed by atoms with Crippen molar-refractivity contribution in [3.05, 3.63) is 21.2 Å². The van der Waals surface area contributed by atoms with Crippen LogP contribution in [0.2, 0.25) is 0 Å². The van der Waals surface area contributed by atoms with E-state index in [2.05, 4.69) is 62.9 Å². The summed E-state index contributed by atoms with van der Waals surface area (Å²) in [5.41, 5.74) is 0.0664. The molecule has 0 radical (unpaired) electrons. The van der Waals surface area contributed by atoms with Crippen LogP contribution in [-0.2, 0) is 0 Å². The van der Waals surface area contributed by atoms with Gasteiger partial charge in [-0.05, 0) is 49.8 Å². The van der Waals surface area contributed by atoms with Crippen molar-refractivity contribution >= 4 is 37.7 Å². The molecule has 2 N–H and O–H groups in total. The lowest BCUT2D eigenvalue weighted by atomic mass is 9.85. The number of aliphatic hydroxyl groups excluding tert-OH is 1. The Kier molecular flexibility index (Phi) is 5.41. The molecule has 0 fully saturated rings. The van der Waals surface area contributed by atoms with Crippen LogP contribution in [0.3, 0.4) is 0 Å². The zero-order valence-corrected chi connectivity index (χ0v) is 13.5. The lowest BCUT2D eigenvalue weighted by Crippen LogP contribution is -2.35. The van der Waals surface area contributed by atoms with E-state index in [1.165, 1.54) is 0 Å². The van der Waals surface area contributed by atoms with Crippen LogP contribution in [0, 0.1) is 5.41 Å². The van der Waals surface area contributed by atoms with E-state index in [0.717, 1.165) is 14.8 Å². The van der Waals surface area contributed by atoms with Crippen molar-refractivity contribution in [1.82, 2.24) is 4.98 Å². The Hall–Kier alpha value is -0.130. The SMILES string of the molecule is CC(C)(C)C(CCO)Nc1ncc(Br)cc1Br. The van der Waals surface area contributed by atoms with Crippen molar-refractivity contribution in [1.29, 1.82) is 0 Å². The summed E-state index contributed by atoms with van der Waals surface area (Å²) in [6, 6.07) is 2.13. The van der Waals surface area contributed by atoms with Gasteiger partial charge >= 0.3 is 0 Å². The van der Waals surface area contributed by atoms with Gasteiger partial charge in [-0.3, -0.25) is 0 Å². The maximum atomic E-state index is 9.11. The van der Waals surface area contributed by atoms with Crippen LogP contribution in [0.5, 0.6) is 0 Å². The zero-order valence-electron chi connectivity index (χ0n) is 10.3. The molecule has 1 heterocycles. The standard InChI is InChI=1S/C12H18Br2N2O/c1-12(2,3)10(4-5-17)16-11-9(14)6-8(13)7-15-11/h6-7,10,17H,4-5H2,1-3H3,(H,15,16). The van der Waals surface area contributed by atoms with E-state index >= 15 is 0 Å². The first-order valence-electron chi connectivity index (χ1n) is 5.53. The maximum absolute atomic E-state index is 9.11. The molecule has 0 aliphatic heterocycles. The highest BCUT2D eigenvalue weighted by atomic mass is 79.9. The van der Waals surface area contributed by atoms with Crippen LogP contribution >= 0.6 is 31.9 Å². The van der Waals surface area contributed by atoms with Gasteiger partial charge in [-0.2, -0.15) is 0 Å². The van der Waals surface area contributed by atoms with Crippen LogP contribution in [0.15, 0.2) is 21.2 Å². The molecule has 0 saturated carbocycles. The average Bonchev–Trinajstić information content (AvgIpc) is 2.19. The number of pyridine rings is 1. The first-order valence-corrected chi connectivity index (χ1v) is 7.11. The molecule has 0 aliphatic rings. The second-order valence-electron chi connectivity index (χ2n) is 5.06. The second kappa shape index (κ2) is 6.16.